The minimum atomic E-state index is -0.208. The lowest BCUT2D eigenvalue weighted by Gasteiger charge is -2.13. The summed E-state index contributed by atoms with van der Waals surface area (Å²) in [6.07, 6.45) is 5.02. The Balaban J connectivity index is 1.60. The summed E-state index contributed by atoms with van der Waals surface area (Å²) in [5.41, 5.74) is 8.15. The Bertz CT molecular complexity index is 564. The molecule has 0 aliphatic carbocycles. The predicted octanol–water partition coefficient (Wildman–Crippen LogP) is 1.60. The van der Waals surface area contributed by atoms with E-state index in [0.717, 1.165) is 31.6 Å². The molecule has 1 saturated heterocycles. The summed E-state index contributed by atoms with van der Waals surface area (Å²) in [7, 11) is 0. The van der Waals surface area contributed by atoms with Crippen molar-refractivity contribution in [3.63, 3.8) is 0 Å². The Morgan fingerprint density at radius 2 is 2.00 bits per heavy atom. The van der Waals surface area contributed by atoms with E-state index in [2.05, 4.69) is 10.00 Å². The zero-order valence-corrected chi connectivity index (χ0v) is 11.4. The van der Waals surface area contributed by atoms with Gasteiger partial charge in [-0.05, 0) is 24.1 Å². The van der Waals surface area contributed by atoms with E-state index in [1.54, 1.807) is 12.1 Å². The van der Waals surface area contributed by atoms with Crippen molar-refractivity contribution < 1.29 is 4.39 Å². The van der Waals surface area contributed by atoms with Crippen LogP contribution in [0.4, 0.5) is 4.39 Å². The van der Waals surface area contributed by atoms with Gasteiger partial charge in [-0.3, -0.25) is 9.58 Å². The Morgan fingerprint density at radius 1 is 1.20 bits per heavy atom. The van der Waals surface area contributed by atoms with Gasteiger partial charge in [-0.25, -0.2) is 4.39 Å². The van der Waals surface area contributed by atoms with Crippen molar-refractivity contribution in [3.8, 4) is 0 Å². The first-order chi connectivity index (χ1) is 9.69. The molecule has 1 aliphatic rings. The summed E-state index contributed by atoms with van der Waals surface area (Å²) in [6, 6.07) is 6.84. The van der Waals surface area contributed by atoms with Gasteiger partial charge < -0.3 is 5.73 Å². The Morgan fingerprint density at radius 3 is 2.70 bits per heavy atom. The number of hydrogen-bond donors (Lipinski definition) is 1. The van der Waals surface area contributed by atoms with Crippen molar-refractivity contribution in [1.29, 1.82) is 0 Å². The topological polar surface area (TPSA) is 47.1 Å². The molecule has 0 saturated carbocycles. The number of halogens is 1. The second-order valence-corrected chi connectivity index (χ2v) is 5.46. The molecule has 2 N–H and O–H groups in total. The monoisotopic (exact) mass is 274 g/mol. The first-order valence-corrected chi connectivity index (χ1v) is 6.93. The highest BCUT2D eigenvalue weighted by Gasteiger charge is 2.19. The van der Waals surface area contributed by atoms with Gasteiger partial charge in [0.2, 0.25) is 0 Å². The third-order valence-corrected chi connectivity index (χ3v) is 3.66. The summed E-state index contributed by atoms with van der Waals surface area (Å²) >= 11 is 0. The second-order valence-electron chi connectivity index (χ2n) is 5.46. The molecule has 1 aromatic heterocycles. The molecule has 5 heteroatoms. The van der Waals surface area contributed by atoms with Gasteiger partial charge >= 0.3 is 0 Å². The van der Waals surface area contributed by atoms with Gasteiger partial charge in [0.05, 0.1) is 12.7 Å². The van der Waals surface area contributed by atoms with Crippen LogP contribution in [-0.2, 0) is 13.1 Å². The van der Waals surface area contributed by atoms with Gasteiger partial charge in [-0.15, -0.1) is 0 Å². The van der Waals surface area contributed by atoms with Crippen molar-refractivity contribution in [1.82, 2.24) is 14.7 Å². The highest BCUT2D eigenvalue weighted by atomic mass is 19.1. The van der Waals surface area contributed by atoms with E-state index in [4.69, 9.17) is 5.73 Å². The van der Waals surface area contributed by atoms with E-state index in [1.165, 1.54) is 17.7 Å². The van der Waals surface area contributed by atoms with Gasteiger partial charge in [0.1, 0.15) is 5.82 Å². The third kappa shape index (κ3) is 3.23. The van der Waals surface area contributed by atoms with Gasteiger partial charge in [-0.1, -0.05) is 12.1 Å². The van der Waals surface area contributed by atoms with Crippen LogP contribution < -0.4 is 5.73 Å². The molecule has 0 spiro atoms. The number of benzene rings is 1. The van der Waals surface area contributed by atoms with Crippen molar-refractivity contribution >= 4 is 0 Å². The lowest BCUT2D eigenvalue weighted by molar-refractivity contribution is 0.327. The fourth-order valence-corrected chi connectivity index (χ4v) is 2.62. The average Bonchev–Trinajstić information content (AvgIpc) is 3.02. The Labute approximate surface area is 118 Å². The molecule has 4 nitrogen and oxygen atoms in total. The lowest BCUT2D eigenvalue weighted by atomic mass is 10.2. The second kappa shape index (κ2) is 5.73. The first-order valence-electron chi connectivity index (χ1n) is 6.93. The SMILES string of the molecule is N[C@H]1CCN(Cc2cnn(Cc3ccc(F)cc3)c2)C1. The molecular weight excluding hydrogens is 255 g/mol. The quantitative estimate of drug-likeness (QED) is 0.921. The van der Waals surface area contributed by atoms with Crippen molar-refractivity contribution in [2.45, 2.75) is 25.6 Å². The molecule has 0 bridgehead atoms. The van der Waals surface area contributed by atoms with Crippen LogP contribution >= 0.6 is 0 Å². The van der Waals surface area contributed by atoms with Crippen LogP contribution in [0.15, 0.2) is 36.7 Å². The van der Waals surface area contributed by atoms with Crippen LogP contribution in [0, 0.1) is 5.82 Å². The van der Waals surface area contributed by atoms with Crippen molar-refractivity contribution in [2.75, 3.05) is 13.1 Å². The summed E-state index contributed by atoms with van der Waals surface area (Å²) in [6.45, 7) is 3.59. The summed E-state index contributed by atoms with van der Waals surface area (Å²) < 4.78 is 14.7. The standard InChI is InChI=1S/C15H19FN4/c16-14-3-1-12(2-4-14)9-20-10-13(7-18-20)8-19-6-5-15(17)11-19/h1-4,7,10,15H,5-6,8-9,11,17H2/t15-/m0/s1. The van der Waals surface area contributed by atoms with E-state index in [9.17, 15) is 4.39 Å². The fraction of sp³-hybridized carbons (Fsp3) is 0.400. The predicted molar refractivity (Wildman–Crippen MR) is 75.6 cm³/mol. The molecule has 2 heterocycles. The Kier molecular flexibility index (Phi) is 3.80. The molecule has 1 fully saturated rings. The third-order valence-electron chi connectivity index (χ3n) is 3.66. The van der Waals surface area contributed by atoms with Crippen molar-refractivity contribution in [3.05, 3.63) is 53.6 Å². The number of nitrogens with zero attached hydrogens (tertiary/aromatic N) is 3. The molecule has 1 aliphatic heterocycles. The normalized spacial score (nSPS) is 19.6. The zero-order valence-electron chi connectivity index (χ0n) is 11.4. The molecule has 1 aromatic carbocycles. The van der Waals surface area contributed by atoms with Crippen LogP contribution in [0.5, 0.6) is 0 Å². The van der Waals surface area contributed by atoms with Gasteiger partial charge in [-0.2, -0.15) is 5.10 Å². The average molecular weight is 274 g/mol. The van der Waals surface area contributed by atoms with Crippen LogP contribution in [0.2, 0.25) is 0 Å². The van der Waals surface area contributed by atoms with E-state index in [1.807, 2.05) is 17.1 Å². The highest BCUT2D eigenvalue weighted by Crippen LogP contribution is 2.12. The molecule has 106 valence electrons. The number of aromatic nitrogens is 2. The molecule has 0 radical (unpaired) electrons. The van der Waals surface area contributed by atoms with Crippen LogP contribution in [0.3, 0.4) is 0 Å². The molecule has 0 amide bonds. The maximum atomic E-state index is 12.9. The zero-order chi connectivity index (χ0) is 13.9. The molecule has 2 aromatic rings. The van der Waals surface area contributed by atoms with Gasteiger partial charge in [0, 0.05) is 37.4 Å². The van der Waals surface area contributed by atoms with Gasteiger partial charge in [0.15, 0.2) is 0 Å². The molecule has 1 atom stereocenters. The maximum Gasteiger partial charge on any atom is 0.123 e. The van der Waals surface area contributed by atoms with Gasteiger partial charge in [0.25, 0.3) is 0 Å². The van der Waals surface area contributed by atoms with E-state index < -0.39 is 0 Å². The lowest BCUT2D eigenvalue weighted by Crippen LogP contribution is -2.26. The fourth-order valence-electron chi connectivity index (χ4n) is 2.62. The molecule has 20 heavy (non-hydrogen) atoms. The van der Waals surface area contributed by atoms with E-state index >= 15 is 0 Å². The smallest absolute Gasteiger partial charge is 0.123 e. The minimum Gasteiger partial charge on any atom is -0.326 e. The Hall–Kier alpha value is -1.72. The summed E-state index contributed by atoms with van der Waals surface area (Å²) in [4.78, 5) is 2.35. The van der Waals surface area contributed by atoms with E-state index in [-0.39, 0.29) is 5.82 Å². The first kappa shape index (κ1) is 13.3. The van der Waals surface area contributed by atoms with Crippen LogP contribution in [-0.4, -0.2) is 33.8 Å². The summed E-state index contributed by atoms with van der Waals surface area (Å²) in [5.74, 6) is -0.208. The number of hydrogen-bond acceptors (Lipinski definition) is 3. The van der Waals surface area contributed by atoms with Crippen molar-refractivity contribution in [2.24, 2.45) is 5.73 Å². The number of nitrogens with two attached hydrogens (primary N) is 1. The number of rotatable bonds is 4. The maximum absolute atomic E-state index is 12.9. The summed E-state index contributed by atoms with van der Waals surface area (Å²) in [5, 5.41) is 4.36. The number of likely N-dealkylation sites (tertiary alicyclic amines) is 1. The van der Waals surface area contributed by atoms with Crippen LogP contribution in [0.25, 0.3) is 0 Å². The van der Waals surface area contributed by atoms with E-state index in [0.29, 0.717) is 12.6 Å². The molecule has 0 unspecified atom stereocenters. The molecule has 3 rings (SSSR count). The largest absolute Gasteiger partial charge is 0.326 e. The minimum absolute atomic E-state index is 0.208. The molecular formula is C15H19FN4. The highest BCUT2D eigenvalue weighted by molar-refractivity contribution is 5.16. The van der Waals surface area contributed by atoms with Crippen LogP contribution in [0.1, 0.15) is 17.5 Å².